The highest BCUT2D eigenvalue weighted by Gasteiger charge is 2.28. The van der Waals surface area contributed by atoms with E-state index in [2.05, 4.69) is 0 Å². The molecule has 1 fully saturated rings. The van der Waals surface area contributed by atoms with Gasteiger partial charge in [-0.25, -0.2) is 4.68 Å². The molecule has 0 unspecified atom stereocenters. The van der Waals surface area contributed by atoms with Crippen molar-refractivity contribution >= 4 is 5.91 Å². The van der Waals surface area contributed by atoms with Crippen LogP contribution in [0.4, 0.5) is 0 Å². The lowest BCUT2D eigenvalue weighted by molar-refractivity contribution is 0.0506. The third-order valence-corrected chi connectivity index (χ3v) is 6.49. The van der Waals surface area contributed by atoms with E-state index in [0.29, 0.717) is 36.0 Å². The van der Waals surface area contributed by atoms with Crippen molar-refractivity contribution in [1.82, 2.24) is 14.7 Å². The van der Waals surface area contributed by atoms with Crippen LogP contribution in [0.1, 0.15) is 28.8 Å². The second-order valence-electron chi connectivity index (χ2n) is 9.09. The number of methoxy groups -OCH3 is 1. The second kappa shape index (κ2) is 11.3. The average Bonchev–Trinajstić information content (AvgIpc) is 3.57. The highest BCUT2D eigenvalue weighted by atomic mass is 16.5. The Kier molecular flexibility index (Phi) is 7.51. The molecule has 1 aromatic heterocycles. The number of carbonyl (C=O) groups is 1. The Morgan fingerprint density at radius 2 is 1.76 bits per heavy atom. The molecule has 0 bridgehead atoms. The first-order valence-corrected chi connectivity index (χ1v) is 12.5. The standard InChI is InChI=1S/C30H31N3O4/c1-32-30(37-24-14-7-4-8-15-24)27(28(31-32)22-11-5-3-6-12-22)21-33(20-26-17-10-18-36-26)29(34)23-13-9-16-25(19-23)35-2/h3-9,11-16,19,26H,10,17-18,20-21H2,1-2H3/t26-/m0/s1. The summed E-state index contributed by atoms with van der Waals surface area (Å²) in [6.45, 7) is 1.51. The largest absolute Gasteiger partial charge is 0.497 e. The lowest BCUT2D eigenvalue weighted by Crippen LogP contribution is -2.37. The van der Waals surface area contributed by atoms with Crippen molar-refractivity contribution in [1.29, 1.82) is 0 Å². The SMILES string of the molecule is COc1cccc(C(=O)N(Cc2c(-c3ccccc3)nn(C)c2Oc2ccccc2)C[C@@H]2CCCO2)c1. The van der Waals surface area contributed by atoms with Gasteiger partial charge in [-0.1, -0.05) is 54.6 Å². The Bertz CT molecular complexity index is 1330. The number of nitrogens with zero attached hydrogens (tertiary/aromatic N) is 3. The van der Waals surface area contributed by atoms with E-state index >= 15 is 0 Å². The predicted octanol–water partition coefficient (Wildman–Crippen LogP) is 5.71. The first-order valence-electron chi connectivity index (χ1n) is 12.5. The maximum atomic E-state index is 13.9. The number of ether oxygens (including phenoxy) is 3. The summed E-state index contributed by atoms with van der Waals surface area (Å²) < 4.78 is 19.4. The summed E-state index contributed by atoms with van der Waals surface area (Å²) in [6.07, 6.45) is 1.91. The van der Waals surface area contributed by atoms with Crippen LogP contribution in [-0.2, 0) is 18.3 Å². The maximum absolute atomic E-state index is 13.9. The van der Waals surface area contributed by atoms with Gasteiger partial charge in [-0.3, -0.25) is 4.79 Å². The molecule has 1 atom stereocenters. The summed E-state index contributed by atoms with van der Waals surface area (Å²) in [4.78, 5) is 15.7. The highest BCUT2D eigenvalue weighted by Crippen LogP contribution is 2.35. The van der Waals surface area contributed by atoms with Crippen molar-refractivity contribution in [2.75, 3.05) is 20.3 Å². The Balaban J connectivity index is 1.56. The van der Waals surface area contributed by atoms with Crippen molar-refractivity contribution in [3.8, 4) is 28.6 Å². The lowest BCUT2D eigenvalue weighted by Gasteiger charge is -2.26. The van der Waals surface area contributed by atoms with Gasteiger partial charge in [-0.2, -0.15) is 5.10 Å². The van der Waals surface area contributed by atoms with Crippen LogP contribution < -0.4 is 9.47 Å². The Hall–Kier alpha value is -4.10. The van der Waals surface area contributed by atoms with Crippen molar-refractivity contribution in [3.63, 3.8) is 0 Å². The molecule has 7 heteroatoms. The number of aromatic nitrogens is 2. The first-order chi connectivity index (χ1) is 18.1. The first kappa shape index (κ1) is 24.6. The van der Waals surface area contributed by atoms with Crippen LogP contribution in [0.5, 0.6) is 17.4 Å². The summed E-state index contributed by atoms with van der Waals surface area (Å²) in [5.41, 5.74) is 3.14. The quantitative estimate of drug-likeness (QED) is 0.296. The molecule has 0 saturated carbocycles. The van der Waals surface area contributed by atoms with Crippen LogP contribution >= 0.6 is 0 Å². The van der Waals surface area contributed by atoms with Gasteiger partial charge in [-0.15, -0.1) is 0 Å². The summed E-state index contributed by atoms with van der Waals surface area (Å²) in [6, 6.07) is 26.9. The number of carbonyl (C=O) groups excluding carboxylic acids is 1. The zero-order valence-electron chi connectivity index (χ0n) is 21.2. The van der Waals surface area contributed by atoms with Crippen LogP contribution in [0.25, 0.3) is 11.3 Å². The smallest absolute Gasteiger partial charge is 0.254 e. The molecule has 0 spiro atoms. The van der Waals surface area contributed by atoms with Crippen LogP contribution in [-0.4, -0.2) is 47.0 Å². The van der Waals surface area contributed by atoms with Gasteiger partial charge in [0.05, 0.1) is 25.3 Å². The monoisotopic (exact) mass is 497 g/mol. The van der Waals surface area contributed by atoms with Gasteiger partial charge in [-0.05, 0) is 43.2 Å². The number of hydrogen-bond acceptors (Lipinski definition) is 5. The molecule has 5 rings (SSSR count). The van der Waals surface area contributed by atoms with Crippen molar-refractivity contribution in [2.24, 2.45) is 7.05 Å². The zero-order valence-corrected chi connectivity index (χ0v) is 21.2. The molecule has 3 aromatic carbocycles. The van der Waals surface area contributed by atoms with E-state index in [4.69, 9.17) is 19.3 Å². The van der Waals surface area contributed by atoms with E-state index < -0.39 is 0 Å². The lowest BCUT2D eigenvalue weighted by atomic mass is 10.1. The van der Waals surface area contributed by atoms with Gasteiger partial charge in [0.25, 0.3) is 5.91 Å². The number of benzene rings is 3. The van der Waals surface area contributed by atoms with Crippen LogP contribution in [0.2, 0.25) is 0 Å². The molecule has 0 radical (unpaired) electrons. The Labute approximate surface area is 217 Å². The van der Waals surface area contributed by atoms with E-state index in [1.54, 1.807) is 17.9 Å². The summed E-state index contributed by atoms with van der Waals surface area (Å²) >= 11 is 0. The van der Waals surface area contributed by atoms with Gasteiger partial charge >= 0.3 is 0 Å². The van der Waals surface area contributed by atoms with Crippen LogP contribution in [0, 0.1) is 0 Å². The molecule has 1 aliphatic rings. The molecule has 2 heterocycles. The molecule has 0 N–H and O–H groups in total. The Morgan fingerprint density at radius 3 is 2.46 bits per heavy atom. The molecule has 1 amide bonds. The van der Waals surface area contributed by atoms with Crippen LogP contribution in [0.15, 0.2) is 84.9 Å². The van der Waals surface area contributed by atoms with E-state index in [9.17, 15) is 4.79 Å². The zero-order chi connectivity index (χ0) is 25.6. The van der Waals surface area contributed by atoms with E-state index in [0.717, 1.165) is 36.3 Å². The minimum absolute atomic E-state index is 0.00936. The van der Waals surface area contributed by atoms with Gasteiger partial charge in [0.15, 0.2) is 0 Å². The topological polar surface area (TPSA) is 65.8 Å². The summed E-state index contributed by atoms with van der Waals surface area (Å²) in [7, 11) is 3.46. The number of aryl methyl sites for hydroxylation is 1. The number of para-hydroxylation sites is 1. The van der Waals surface area contributed by atoms with Crippen molar-refractivity contribution < 1.29 is 19.0 Å². The minimum atomic E-state index is -0.0945. The van der Waals surface area contributed by atoms with E-state index in [1.165, 1.54) is 0 Å². The molecule has 190 valence electrons. The third-order valence-electron chi connectivity index (χ3n) is 6.49. The van der Waals surface area contributed by atoms with Gasteiger partial charge < -0.3 is 19.1 Å². The fraction of sp³-hybridized carbons (Fsp3) is 0.267. The van der Waals surface area contributed by atoms with Gasteiger partial charge in [0.2, 0.25) is 5.88 Å². The number of amides is 1. The molecule has 7 nitrogen and oxygen atoms in total. The van der Waals surface area contributed by atoms with Crippen LogP contribution in [0.3, 0.4) is 0 Å². The molecule has 37 heavy (non-hydrogen) atoms. The fourth-order valence-electron chi connectivity index (χ4n) is 4.63. The molecule has 1 aliphatic heterocycles. The number of rotatable bonds is 9. The van der Waals surface area contributed by atoms with E-state index in [1.807, 2.05) is 90.8 Å². The summed E-state index contributed by atoms with van der Waals surface area (Å²) in [5, 5.41) is 4.82. The minimum Gasteiger partial charge on any atom is -0.497 e. The van der Waals surface area contributed by atoms with Gasteiger partial charge in [0.1, 0.15) is 17.2 Å². The van der Waals surface area contributed by atoms with E-state index in [-0.39, 0.29) is 12.0 Å². The molecule has 4 aromatic rings. The maximum Gasteiger partial charge on any atom is 0.254 e. The van der Waals surface area contributed by atoms with Crippen molar-refractivity contribution in [3.05, 3.63) is 96.1 Å². The molecule has 0 aliphatic carbocycles. The fourth-order valence-corrected chi connectivity index (χ4v) is 4.63. The van der Waals surface area contributed by atoms with Crippen molar-refractivity contribution in [2.45, 2.75) is 25.5 Å². The Morgan fingerprint density at radius 1 is 1.03 bits per heavy atom. The molecular weight excluding hydrogens is 466 g/mol. The second-order valence-corrected chi connectivity index (χ2v) is 9.09. The number of hydrogen-bond donors (Lipinski definition) is 0. The summed E-state index contributed by atoms with van der Waals surface area (Å²) in [5.74, 6) is 1.85. The molecular formula is C30H31N3O4. The normalized spacial score (nSPS) is 14.9. The predicted molar refractivity (Wildman–Crippen MR) is 142 cm³/mol. The average molecular weight is 498 g/mol. The van der Waals surface area contributed by atoms with Gasteiger partial charge in [0, 0.05) is 31.3 Å². The third kappa shape index (κ3) is 5.67. The highest BCUT2D eigenvalue weighted by molar-refractivity contribution is 5.94. The molecule has 1 saturated heterocycles.